The van der Waals surface area contributed by atoms with Crippen molar-refractivity contribution in [3.05, 3.63) is 77.3 Å². The molecule has 0 aliphatic carbocycles. The van der Waals surface area contributed by atoms with Crippen LogP contribution in [0.15, 0.2) is 71.4 Å². The summed E-state index contributed by atoms with van der Waals surface area (Å²) in [6.45, 7) is 0. The monoisotopic (exact) mass is 512 g/mol. The smallest absolute Gasteiger partial charge is 0.417 e. The summed E-state index contributed by atoms with van der Waals surface area (Å²) in [5.74, 6) is -0.203. The number of nitrogens with zero attached hydrogens (tertiary/aromatic N) is 3. The molecule has 0 fully saturated rings. The van der Waals surface area contributed by atoms with E-state index in [2.05, 4.69) is 15.6 Å². The Kier molecular flexibility index (Phi) is 5.80. The van der Waals surface area contributed by atoms with Crippen LogP contribution in [0.1, 0.15) is 15.2 Å². The van der Waals surface area contributed by atoms with Crippen molar-refractivity contribution < 1.29 is 31.9 Å². The Bertz CT molecular complexity index is 1560. The molecule has 8 nitrogen and oxygen atoms in total. The number of rotatable bonds is 5. The van der Waals surface area contributed by atoms with E-state index in [9.17, 15) is 18.0 Å². The number of para-hydroxylation sites is 1. The molecule has 5 aromatic rings. The number of thiophene rings is 1. The molecule has 1 amide bonds. The Morgan fingerprint density at radius 1 is 1.14 bits per heavy atom. The van der Waals surface area contributed by atoms with Gasteiger partial charge in [0.25, 0.3) is 12.1 Å². The van der Waals surface area contributed by atoms with Gasteiger partial charge >= 0.3 is 12.1 Å². The summed E-state index contributed by atoms with van der Waals surface area (Å²) in [5, 5.41) is 5.99. The first kappa shape index (κ1) is 23.3. The highest BCUT2D eigenvalue weighted by atomic mass is 32.1. The number of halogens is 3. The van der Waals surface area contributed by atoms with E-state index in [1.165, 1.54) is 18.0 Å². The van der Waals surface area contributed by atoms with Gasteiger partial charge in [-0.15, -0.1) is 11.3 Å². The third kappa shape index (κ3) is 4.33. The first-order chi connectivity index (χ1) is 17.2. The minimum Gasteiger partial charge on any atom is -0.497 e. The highest BCUT2D eigenvalue weighted by molar-refractivity contribution is 7.21. The number of anilines is 2. The van der Waals surface area contributed by atoms with Gasteiger partial charge in [-0.2, -0.15) is 13.2 Å². The average molecular weight is 512 g/mol. The number of carbonyl (C=O) groups excluding carboxylic acids is 1. The lowest BCUT2D eigenvalue weighted by Gasteiger charge is -2.11. The maximum Gasteiger partial charge on any atom is 0.417 e. The molecule has 0 spiro atoms. The van der Waals surface area contributed by atoms with Crippen LogP contribution in [0, 0.1) is 0 Å². The largest absolute Gasteiger partial charge is 0.497 e. The standard InChI is InChI=1S/C24H16F3N5O3S/c1-34-15-9-7-13(8-10-15)17-11-16(24(25,26)27)19-20(28)21(36-23(19)29-17)22(33)30-18-12-32(31-35-18)14-5-3-2-4-6-14/h2-12H,1H3,(H2-,28,30,31,33)/p+1. The fraction of sp³-hybridized carbons (Fsp3) is 0.0833. The minimum atomic E-state index is -4.72. The van der Waals surface area contributed by atoms with E-state index in [1.54, 1.807) is 48.5 Å². The van der Waals surface area contributed by atoms with Crippen LogP contribution in [0.5, 0.6) is 5.75 Å². The van der Waals surface area contributed by atoms with Crippen molar-refractivity contribution in [1.29, 1.82) is 0 Å². The van der Waals surface area contributed by atoms with Crippen molar-refractivity contribution in [2.45, 2.75) is 6.18 Å². The average Bonchev–Trinajstić information content (AvgIpc) is 3.48. The predicted octanol–water partition coefficient (Wildman–Crippen LogP) is 5.09. The van der Waals surface area contributed by atoms with E-state index in [0.29, 0.717) is 17.0 Å². The van der Waals surface area contributed by atoms with Crippen LogP contribution in [0.2, 0.25) is 0 Å². The van der Waals surface area contributed by atoms with Gasteiger partial charge in [0.15, 0.2) is 0 Å². The quantitative estimate of drug-likeness (QED) is 0.318. The van der Waals surface area contributed by atoms with E-state index in [0.717, 1.165) is 17.4 Å². The third-order valence-corrected chi connectivity index (χ3v) is 6.42. The summed E-state index contributed by atoms with van der Waals surface area (Å²) in [6.07, 6.45) is -3.30. The molecule has 2 aromatic carbocycles. The van der Waals surface area contributed by atoms with E-state index in [4.69, 9.17) is 15.0 Å². The summed E-state index contributed by atoms with van der Waals surface area (Å²) in [6, 6.07) is 16.4. The second kappa shape index (κ2) is 8.96. The van der Waals surface area contributed by atoms with E-state index >= 15 is 0 Å². The first-order valence-corrected chi connectivity index (χ1v) is 11.3. The lowest BCUT2D eigenvalue weighted by molar-refractivity contribution is -0.670. The molecule has 0 radical (unpaired) electrons. The van der Waals surface area contributed by atoms with Crippen molar-refractivity contribution in [3.63, 3.8) is 0 Å². The van der Waals surface area contributed by atoms with E-state index in [-0.39, 0.29) is 32.4 Å². The fourth-order valence-electron chi connectivity index (χ4n) is 3.60. The number of aromatic nitrogens is 3. The van der Waals surface area contributed by atoms with Crippen LogP contribution in [0.4, 0.5) is 24.7 Å². The van der Waals surface area contributed by atoms with Crippen LogP contribution in [-0.4, -0.2) is 23.3 Å². The Hall–Kier alpha value is -4.45. The van der Waals surface area contributed by atoms with Gasteiger partial charge in [-0.3, -0.25) is 14.6 Å². The van der Waals surface area contributed by atoms with Crippen molar-refractivity contribution in [2.24, 2.45) is 0 Å². The minimum absolute atomic E-state index is 0.0105. The Morgan fingerprint density at radius 3 is 2.53 bits per heavy atom. The topological polar surface area (TPSA) is 107 Å². The number of alkyl halides is 3. The number of hydrogen-bond donors (Lipinski definition) is 2. The normalized spacial score (nSPS) is 11.6. The second-order valence-corrected chi connectivity index (χ2v) is 8.61. The van der Waals surface area contributed by atoms with Gasteiger partial charge < -0.3 is 10.5 Å². The number of benzene rings is 2. The Balaban J connectivity index is 1.52. The SMILES string of the molecule is COc1ccc(-c2cc(C(F)(F)F)c3c(N)c(C(=O)Nc4c[n+](-c5ccccc5)no4)sc3n2)cc1. The van der Waals surface area contributed by atoms with Gasteiger partial charge in [-0.25, -0.2) is 4.98 Å². The van der Waals surface area contributed by atoms with Gasteiger partial charge in [-0.05, 0) is 35.0 Å². The number of ether oxygens (including phenoxy) is 1. The number of fused-ring (bicyclic) bond motifs is 1. The van der Waals surface area contributed by atoms with E-state index < -0.39 is 17.6 Å². The van der Waals surface area contributed by atoms with Gasteiger partial charge in [0.1, 0.15) is 15.5 Å². The van der Waals surface area contributed by atoms with Crippen molar-refractivity contribution >= 4 is 39.0 Å². The number of pyridine rings is 1. The van der Waals surface area contributed by atoms with Gasteiger partial charge in [0, 0.05) is 23.1 Å². The molecule has 0 aliphatic rings. The van der Waals surface area contributed by atoms with Gasteiger partial charge in [0.2, 0.25) is 11.0 Å². The molecule has 5 rings (SSSR count). The van der Waals surface area contributed by atoms with Crippen molar-refractivity contribution in [2.75, 3.05) is 18.2 Å². The maximum absolute atomic E-state index is 14.0. The molecule has 0 aliphatic heterocycles. The predicted molar refractivity (Wildman–Crippen MR) is 127 cm³/mol. The van der Waals surface area contributed by atoms with Crippen molar-refractivity contribution in [1.82, 2.24) is 10.3 Å². The molecule has 3 aromatic heterocycles. The third-order valence-electron chi connectivity index (χ3n) is 5.32. The second-order valence-electron chi connectivity index (χ2n) is 7.61. The maximum atomic E-state index is 14.0. The molecule has 36 heavy (non-hydrogen) atoms. The van der Waals surface area contributed by atoms with Crippen LogP contribution >= 0.6 is 11.3 Å². The number of nitrogens with two attached hydrogens (primary N) is 1. The fourth-order valence-corrected chi connectivity index (χ4v) is 4.61. The Labute approximate surface area is 205 Å². The lowest BCUT2D eigenvalue weighted by atomic mass is 10.1. The summed E-state index contributed by atoms with van der Waals surface area (Å²) in [5.41, 5.74) is 5.99. The number of nitrogen functional groups attached to an aromatic ring is 1. The molecular formula is C24H17F3N5O3S+. The first-order valence-electron chi connectivity index (χ1n) is 10.4. The summed E-state index contributed by atoms with van der Waals surface area (Å²) in [4.78, 5) is 17.2. The lowest BCUT2D eigenvalue weighted by Crippen LogP contribution is -2.31. The zero-order valence-electron chi connectivity index (χ0n) is 18.5. The van der Waals surface area contributed by atoms with Crippen molar-refractivity contribution in [3.8, 4) is 22.7 Å². The molecule has 0 saturated heterocycles. The summed E-state index contributed by atoms with van der Waals surface area (Å²) in [7, 11) is 1.49. The molecule has 0 atom stereocenters. The highest BCUT2D eigenvalue weighted by Gasteiger charge is 2.36. The zero-order chi connectivity index (χ0) is 25.4. The number of hydrogen-bond acceptors (Lipinski definition) is 7. The number of amides is 1. The molecule has 12 heteroatoms. The van der Waals surface area contributed by atoms with Gasteiger partial charge in [0.05, 0.1) is 24.1 Å². The number of carbonyl (C=O) groups is 1. The Morgan fingerprint density at radius 2 is 1.86 bits per heavy atom. The summed E-state index contributed by atoms with van der Waals surface area (Å²) >= 11 is 0.759. The zero-order valence-corrected chi connectivity index (χ0v) is 19.4. The van der Waals surface area contributed by atoms with Crippen LogP contribution in [-0.2, 0) is 6.18 Å². The van der Waals surface area contributed by atoms with Crippen LogP contribution in [0.25, 0.3) is 27.2 Å². The van der Waals surface area contributed by atoms with Crippen LogP contribution in [0.3, 0.4) is 0 Å². The molecule has 0 unspecified atom stereocenters. The molecular weight excluding hydrogens is 495 g/mol. The molecule has 182 valence electrons. The highest BCUT2D eigenvalue weighted by Crippen LogP contribution is 2.43. The van der Waals surface area contributed by atoms with E-state index in [1.807, 2.05) is 6.07 Å². The van der Waals surface area contributed by atoms with Crippen LogP contribution < -0.4 is 20.5 Å². The summed E-state index contributed by atoms with van der Waals surface area (Å²) < 4.78 is 53.7. The van der Waals surface area contributed by atoms with Gasteiger partial charge in [-0.1, -0.05) is 18.2 Å². The molecule has 3 heterocycles. The molecule has 0 bridgehead atoms. The number of methoxy groups -OCH3 is 1. The molecule has 0 saturated carbocycles. The number of nitrogens with one attached hydrogen (secondary N) is 1. The molecule has 3 N–H and O–H groups in total.